The van der Waals surface area contributed by atoms with Crippen LogP contribution in [0.15, 0.2) is 36.4 Å². The largest absolute Gasteiger partial charge is 0.389 e. The van der Waals surface area contributed by atoms with Crippen molar-refractivity contribution in [3.05, 3.63) is 47.8 Å². The molecule has 0 spiro atoms. The van der Waals surface area contributed by atoms with Crippen LogP contribution in [0.4, 0.5) is 4.39 Å². The molecule has 1 N–H and O–H groups in total. The zero-order valence-corrected chi connectivity index (χ0v) is 10.2. The Balaban J connectivity index is 1.86. The SMILES string of the molecule is O=C1CCC(/C=C/C(O)Cc2cccc(F)c2)C1. The van der Waals surface area contributed by atoms with Crippen molar-refractivity contribution in [2.75, 3.05) is 0 Å². The summed E-state index contributed by atoms with van der Waals surface area (Å²) in [7, 11) is 0. The van der Waals surface area contributed by atoms with Crippen molar-refractivity contribution in [3.8, 4) is 0 Å². The van der Waals surface area contributed by atoms with Crippen molar-refractivity contribution in [1.29, 1.82) is 0 Å². The zero-order chi connectivity index (χ0) is 13.0. The number of allylic oxidation sites excluding steroid dienone is 1. The Kier molecular flexibility index (Phi) is 4.26. The third-order valence-electron chi connectivity index (χ3n) is 3.22. The smallest absolute Gasteiger partial charge is 0.133 e. The number of rotatable bonds is 4. The fourth-order valence-electron chi connectivity index (χ4n) is 2.27. The average Bonchev–Trinajstić information content (AvgIpc) is 2.73. The van der Waals surface area contributed by atoms with Gasteiger partial charge in [0.1, 0.15) is 11.6 Å². The summed E-state index contributed by atoms with van der Waals surface area (Å²) < 4.78 is 13.0. The lowest BCUT2D eigenvalue weighted by molar-refractivity contribution is -0.117. The van der Waals surface area contributed by atoms with Gasteiger partial charge in [-0.15, -0.1) is 0 Å². The van der Waals surface area contributed by atoms with Crippen LogP contribution in [-0.2, 0) is 11.2 Å². The van der Waals surface area contributed by atoms with E-state index in [-0.39, 0.29) is 11.7 Å². The molecule has 1 aromatic rings. The van der Waals surface area contributed by atoms with Crippen LogP contribution < -0.4 is 0 Å². The maximum absolute atomic E-state index is 13.0. The van der Waals surface area contributed by atoms with Crippen LogP contribution in [0, 0.1) is 11.7 Å². The van der Waals surface area contributed by atoms with Crippen LogP contribution in [0.25, 0.3) is 0 Å². The summed E-state index contributed by atoms with van der Waals surface area (Å²) in [5, 5.41) is 9.83. The van der Waals surface area contributed by atoms with Crippen molar-refractivity contribution in [2.24, 2.45) is 5.92 Å². The number of carbonyl (C=O) groups excluding carboxylic acids is 1. The summed E-state index contributed by atoms with van der Waals surface area (Å²) in [6.07, 6.45) is 5.51. The van der Waals surface area contributed by atoms with Crippen LogP contribution >= 0.6 is 0 Å². The van der Waals surface area contributed by atoms with Crippen molar-refractivity contribution < 1.29 is 14.3 Å². The third kappa shape index (κ3) is 3.77. The second-order valence-electron chi connectivity index (χ2n) is 4.83. The standard InChI is InChI=1S/C15H17FO2/c16-13-3-1-2-12(8-13)10-15(18)7-5-11-4-6-14(17)9-11/h1-3,5,7-8,11,15,18H,4,6,9-10H2/b7-5+. The molecular weight excluding hydrogens is 231 g/mol. The van der Waals surface area contributed by atoms with Gasteiger partial charge in [0.05, 0.1) is 6.10 Å². The lowest BCUT2D eigenvalue weighted by atomic mass is 10.0. The van der Waals surface area contributed by atoms with E-state index in [0.717, 1.165) is 12.0 Å². The summed E-state index contributed by atoms with van der Waals surface area (Å²) >= 11 is 0. The fourth-order valence-corrected chi connectivity index (χ4v) is 2.27. The van der Waals surface area contributed by atoms with Crippen LogP contribution in [0.2, 0.25) is 0 Å². The van der Waals surface area contributed by atoms with Crippen LogP contribution in [-0.4, -0.2) is 17.0 Å². The van der Waals surface area contributed by atoms with Gasteiger partial charge >= 0.3 is 0 Å². The number of hydrogen-bond acceptors (Lipinski definition) is 2. The quantitative estimate of drug-likeness (QED) is 0.832. The molecule has 2 nitrogen and oxygen atoms in total. The molecule has 1 aliphatic rings. The Labute approximate surface area is 106 Å². The molecule has 2 atom stereocenters. The minimum Gasteiger partial charge on any atom is -0.389 e. The molecule has 96 valence electrons. The second kappa shape index (κ2) is 5.91. The Morgan fingerprint density at radius 1 is 1.50 bits per heavy atom. The molecule has 1 aliphatic carbocycles. The van der Waals surface area contributed by atoms with E-state index in [9.17, 15) is 14.3 Å². The molecule has 0 radical (unpaired) electrons. The molecule has 1 aromatic carbocycles. The minimum absolute atomic E-state index is 0.264. The van der Waals surface area contributed by atoms with Crippen molar-refractivity contribution in [1.82, 2.24) is 0 Å². The van der Waals surface area contributed by atoms with Gasteiger partial charge in [0.15, 0.2) is 0 Å². The van der Waals surface area contributed by atoms with Gasteiger partial charge in [-0.25, -0.2) is 4.39 Å². The van der Waals surface area contributed by atoms with Gasteiger partial charge in [-0.05, 0) is 30.0 Å². The van der Waals surface area contributed by atoms with E-state index in [4.69, 9.17) is 0 Å². The Morgan fingerprint density at radius 3 is 3.00 bits per heavy atom. The summed E-state index contributed by atoms with van der Waals surface area (Å²) in [5.74, 6) is 0.272. The summed E-state index contributed by atoms with van der Waals surface area (Å²) in [4.78, 5) is 11.1. The Morgan fingerprint density at radius 2 is 2.33 bits per heavy atom. The molecule has 0 aromatic heterocycles. The number of halogens is 1. The highest BCUT2D eigenvalue weighted by molar-refractivity contribution is 5.80. The highest BCUT2D eigenvalue weighted by Crippen LogP contribution is 2.23. The molecule has 2 rings (SSSR count). The van der Waals surface area contributed by atoms with Crippen molar-refractivity contribution >= 4 is 5.78 Å². The van der Waals surface area contributed by atoms with E-state index in [1.54, 1.807) is 18.2 Å². The molecule has 0 heterocycles. The number of aliphatic hydroxyl groups excluding tert-OH is 1. The summed E-state index contributed by atoms with van der Waals surface area (Å²) in [6, 6.07) is 6.24. The van der Waals surface area contributed by atoms with Crippen LogP contribution in [0.5, 0.6) is 0 Å². The Hall–Kier alpha value is -1.48. The van der Waals surface area contributed by atoms with E-state index >= 15 is 0 Å². The average molecular weight is 248 g/mol. The number of hydrogen-bond donors (Lipinski definition) is 1. The molecule has 0 bridgehead atoms. The molecule has 0 aliphatic heterocycles. The van der Waals surface area contributed by atoms with Gasteiger partial charge in [0.25, 0.3) is 0 Å². The zero-order valence-electron chi connectivity index (χ0n) is 10.2. The second-order valence-corrected chi connectivity index (χ2v) is 4.83. The lowest BCUT2D eigenvalue weighted by Gasteiger charge is -2.07. The van der Waals surface area contributed by atoms with Gasteiger partial charge in [-0.1, -0.05) is 24.3 Å². The Bertz CT molecular complexity index is 454. The number of ketones is 1. The van der Waals surface area contributed by atoms with Crippen molar-refractivity contribution in [2.45, 2.75) is 31.8 Å². The van der Waals surface area contributed by atoms with E-state index < -0.39 is 6.10 Å². The van der Waals surface area contributed by atoms with Crippen LogP contribution in [0.3, 0.4) is 0 Å². The maximum Gasteiger partial charge on any atom is 0.133 e. The van der Waals surface area contributed by atoms with E-state index in [2.05, 4.69) is 0 Å². The number of aliphatic hydroxyl groups is 1. The molecule has 18 heavy (non-hydrogen) atoms. The first-order valence-corrected chi connectivity index (χ1v) is 6.26. The number of Topliss-reactive ketones (excluding diaryl/α,β-unsaturated/α-hetero) is 1. The molecule has 1 fully saturated rings. The topological polar surface area (TPSA) is 37.3 Å². The highest BCUT2D eigenvalue weighted by atomic mass is 19.1. The first-order valence-electron chi connectivity index (χ1n) is 6.26. The predicted octanol–water partition coefficient (Wildman–Crippen LogP) is 2.65. The lowest BCUT2D eigenvalue weighted by Crippen LogP contribution is -2.07. The molecule has 1 saturated carbocycles. The molecular formula is C15H17FO2. The maximum atomic E-state index is 13.0. The van der Waals surface area contributed by atoms with Gasteiger partial charge in [-0.3, -0.25) is 4.79 Å². The van der Waals surface area contributed by atoms with Gasteiger partial charge in [-0.2, -0.15) is 0 Å². The highest BCUT2D eigenvalue weighted by Gasteiger charge is 2.19. The first-order chi connectivity index (χ1) is 8.63. The monoisotopic (exact) mass is 248 g/mol. The fraction of sp³-hybridized carbons (Fsp3) is 0.400. The van der Waals surface area contributed by atoms with Gasteiger partial charge in [0, 0.05) is 19.3 Å². The minimum atomic E-state index is -0.623. The molecule has 0 saturated heterocycles. The van der Waals surface area contributed by atoms with E-state index in [0.29, 0.717) is 25.0 Å². The third-order valence-corrected chi connectivity index (χ3v) is 3.22. The van der Waals surface area contributed by atoms with Gasteiger partial charge in [0.2, 0.25) is 0 Å². The normalized spacial score (nSPS) is 21.7. The molecule has 2 unspecified atom stereocenters. The van der Waals surface area contributed by atoms with E-state index in [1.165, 1.54) is 12.1 Å². The number of carbonyl (C=O) groups is 1. The van der Waals surface area contributed by atoms with Gasteiger partial charge < -0.3 is 5.11 Å². The molecule has 0 amide bonds. The summed E-state index contributed by atoms with van der Waals surface area (Å²) in [6.45, 7) is 0. The van der Waals surface area contributed by atoms with Crippen molar-refractivity contribution in [3.63, 3.8) is 0 Å². The summed E-state index contributed by atoms with van der Waals surface area (Å²) in [5.41, 5.74) is 0.773. The molecule has 3 heteroatoms. The van der Waals surface area contributed by atoms with Crippen LogP contribution in [0.1, 0.15) is 24.8 Å². The number of benzene rings is 1. The first kappa shape index (κ1) is 13.0. The van der Waals surface area contributed by atoms with E-state index in [1.807, 2.05) is 6.08 Å². The predicted molar refractivity (Wildman–Crippen MR) is 67.6 cm³/mol.